The highest BCUT2D eigenvalue weighted by molar-refractivity contribution is 6.09. The Balaban J connectivity index is 0.957. The second kappa shape index (κ2) is 19.6. The van der Waals surface area contributed by atoms with Gasteiger partial charge >= 0.3 is 0 Å². The van der Waals surface area contributed by atoms with Crippen LogP contribution in [0, 0.1) is 6.33 Å². The van der Waals surface area contributed by atoms with Crippen LogP contribution in [0.3, 0.4) is 0 Å². The lowest BCUT2D eigenvalue weighted by atomic mass is 9.77. The molecule has 1 saturated carbocycles. The van der Waals surface area contributed by atoms with Gasteiger partial charge < -0.3 is 4.74 Å². The summed E-state index contributed by atoms with van der Waals surface area (Å²) in [6.45, 7) is 6.72. The standard InChI is InChI=1S/C76H60N4O/c1-76(2,3)56-41-42-77-72(46-56)80-69-37-16-15-31-64(69)65-40-39-59(48-71(65)80)81-58-28-17-27-57(47-58)78-49-79-74-61(55-44-53(50-21-7-4-8-22-50)43-54(45-55)51-23-9-5-10-24-51)33-19-36-68(74)73-60(52-25-11-6-12-26-52)32-18-34-66(73)62-29-13-14-30-63(62)67-35-20-38-70(78)75(67)79/h4-5,7-10,13-24,27-48,52H,6,11-12,25-26H2,1-3H3/i52D. The van der Waals surface area contributed by atoms with Crippen molar-refractivity contribution < 1.29 is 10.7 Å². The molecule has 0 atom stereocenters. The van der Waals surface area contributed by atoms with E-state index < -0.39 is 5.89 Å². The van der Waals surface area contributed by atoms with E-state index >= 15 is 0 Å². The molecule has 1 aliphatic heterocycles. The highest BCUT2D eigenvalue weighted by Gasteiger charge is 2.30. The molecule has 2 aliphatic rings. The summed E-state index contributed by atoms with van der Waals surface area (Å²) in [7, 11) is 0. The van der Waals surface area contributed by atoms with Crippen LogP contribution in [0.25, 0.3) is 117 Å². The Morgan fingerprint density at radius 1 is 0.494 bits per heavy atom. The van der Waals surface area contributed by atoms with Crippen LogP contribution in [0.2, 0.25) is 0 Å². The fourth-order valence-electron chi connectivity index (χ4n) is 13.0. The molecule has 0 radical (unpaired) electrons. The molecule has 81 heavy (non-hydrogen) atoms. The van der Waals surface area contributed by atoms with E-state index in [1.807, 2.05) is 12.3 Å². The van der Waals surface area contributed by atoms with Gasteiger partial charge in [-0.3, -0.25) is 13.7 Å². The molecule has 4 heterocycles. The molecular formula is C76H60N4O. The summed E-state index contributed by atoms with van der Waals surface area (Å²) in [4.78, 5) is 4.94. The van der Waals surface area contributed by atoms with E-state index in [0.29, 0.717) is 5.75 Å². The van der Waals surface area contributed by atoms with Crippen LogP contribution in [-0.4, -0.2) is 14.1 Å². The molecule has 1 fully saturated rings. The second-order valence-corrected chi connectivity index (χ2v) is 22.9. The normalized spacial score (nSPS) is 13.9. The number of nitrogens with zero attached hydrogens (tertiary/aromatic N) is 4. The van der Waals surface area contributed by atoms with Gasteiger partial charge in [-0.15, -0.1) is 0 Å². The summed E-state index contributed by atoms with van der Waals surface area (Å²) >= 11 is 0. The number of pyridine rings is 1. The zero-order valence-electron chi connectivity index (χ0n) is 46.8. The van der Waals surface area contributed by atoms with Gasteiger partial charge in [0.25, 0.3) is 6.33 Å². The molecule has 0 N–H and O–H groups in total. The van der Waals surface area contributed by atoms with Crippen LogP contribution in [0.1, 0.15) is 71.3 Å². The number of aromatic nitrogens is 4. The molecule has 0 saturated heterocycles. The molecule has 15 rings (SSSR count). The molecule has 0 bridgehead atoms. The lowest BCUT2D eigenvalue weighted by Gasteiger charge is -2.28. The smallest absolute Gasteiger partial charge is 0.269 e. The average molecular weight is 1050 g/mol. The lowest BCUT2D eigenvalue weighted by Crippen LogP contribution is -2.32. The topological polar surface area (TPSA) is 35.9 Å². The Hall–Kier alpha value is -9.58. The predicted molar refractivity (Wildman–Crippen MR) is 333 cm³/mol. The third kappa shape index (κ3) is 8.46. The number of hydrogen-bond acceptors (Lipinski definition) is 2. The average Bonchev–Trinajstić information content (AvgIpc) is 3.36. The third-order valence-corrected chi connectivity index (χ3v) is 16.9. The van der Waals surface area contributed by atoms with Gasteiger partial charge in [0.2, 0.25) is 0 Å². The van der Waals surface area contributed by atoms with Crippen LogP contribution < -0.4 is 9.30 Å². The van der Waals surface area contributed by atoms with Crippen molar-refractivity contribution in [3.63, 3.8) is 0 Å². The number of hydrogen-bond donors (Lipinski definition) is 0. The number of benzene rings is 10. The first kappa shape index (κ1) is 47.4. The Labute approximate surface area is 475 Å². The van der Waals surface area contributed by atoms with Gasteiger partial charge in [-0.05, 0) is 169 Å². The Kier molecular flexibility index (Phi) is 11.5. The number of rotatable bonds is 8. The Bertz CT molecular complexity index is 4580. The summed E-state index contributed by atoms with van der Waals surface area (Å²) in [5.74, 6) is 1.55. The van der Waals surface area contributed by atoms with Crippen molar-refractivity contribution in [2.45, 2.75) is 64.2 Å². The SMILES string of the molecule is [2H]C1(c2cccc3c2-c2cccc(-c4cc(-c5ccccc5)cc(-c5ccccc5)c4)c2-[n+]2[c-]n(-c4cccc(Oc5ccc6c7ccccc7n(-c7cc(C(C)(C)C)ccn7)c6c5)c4)c4cccc(c42)-c2ccccc2-3)CCCCC1. The van der Waals surface area contributed by atoms with E-state index in [2.05, 4.69) is 271 Å². The van der Waals surface area contributed by atoms with Crippen molar-refractivity contribution in [2.75, 3.05) is 0 Å². The quantitative estimate of drug-likeness (QED) is 0.112. The number of imidazole rings is 1. The van der Waals surface area contributed by atoms with Crippen LogP contribution >= 0.6 is 0 Å². The van der Waals surface area contributed by atoms with Crippen LogP contribution in [-0.2, 0) is 5.41 Å². The van der Waals surface area contributed by atoms with E-state index in [1.165, 1.54) is 5.56 Å². The Morgan fingerprint density at radius 2 is 1.10 bits per heavy atom. The molecule has 10 aromatic carbocycles. The van der Waals surface area contributed by atoms with Crippen LogP contribution in [0.4, 0.5) is 0 Å². The van der Waals surface area contributed by atoms with Gasteiger partial charge in [-0.25, -0.2) is 4.98 Å². The number of ether oxygens (including phenoxy) is 1. The first-order chi connectivity index (χ1) is 40.1. The first-order valence-corrected chi connectivity index (χ1v) is 28.6. The van der Waals surface area contributed by atoms with Crippen molar-refractivity contribution in [3.05, 3.63) is 260 Å². The van der Waals surface area contributed by atoms with Crippen molar-refractivity contribution in [1.82, 2.24) is 14.1 Å². The second-order valence-electron chi connectivity index (χ2n) is 22.9. The summed E-state index contributed by atoms with van der Waals surface area (Å²) in [5, 5.41) is 2.30. The zero-order valence-corrected chi connectivity index (χ0v) is 45.8. The maximum Gasteiger partial charge on any atom is 0.269 e. The number of fused-ring (bicyclic) bond motifs is 10. The van der Waals surface area contributed by atoms with Gasteiger partial charge in [0.05, 0.1) is 33.4 Å². The fraction of sp³-hybridized carbons (Fsp3) is 0.132. The summed E-state index contributed by atoms with van der Waals surface area (Å²) in [5.41, 5.74) is 21.8. The predicted octanol–water partition coefficient (Wildman–Crippen LogP) is 19.7. The molecule has 0 spiro atoms. The molecule has 5 heteroatoms. The third-order valence-electron chi connectivity index (χ3n) is 16.9. The van der Waals surface area contributed by atoms with Crippen molar-refractivity contribution >= 4 is 32.8 Å². The lowest BCUT2D eigenvalue weighted by molar-refractivity contribution is -0.570. The monoisotopic (exact) mass is 1050 g/mol. The van der Waals surface area contributed by atoms with Crippen molar-refractivity contribution in [2.24, 2.45) is 0 Å². The van der Waals surface area contributed by atoms with E-state index in [-0.39, 0.29) is 5.41 Å². The molecular weight excluding hydrogens is 985 g/mol. The minimum Gasteiger partial charge on any atom is -0.458 e. The van der Waals surface area contributed by atoms with Gasteiger partial charge in [-0.2, -0.15) is 0 Å². The van der Waals surface area contributed by atoms with Crippen molar-refractivity contribution in [1.29, 1.82) is 0 Å². The summed E-state index contributed by atoms with van der Waals surface area (Å²) < 4.78 is 24.2. The molecule has 13 aromatic rings. The fourth-order valence-corrected chi connectivity index (χ4v) is 13.0. The molecule has 5 nitrogen and oxygen atoms in total. The highest BCUT2D eigenvalue weighted by Crippen LogP contribution is 2.50. The van der Waals surface area contributed by atoms with Crippen LogP contribution in [0.5, 0.6) is 11.5 Å². The molecule has 0 amide bonds. The van der Waals surface area contributed by atoms with E-state index in [1.54, 1.807) is 0 Å². The molecule has 390 valence electrons. The minimum atomic E-state index is -0.758. The van der Waals surface area contributed by atoms with E-state index in [9.17, 15) is 1.37 Å². The molecule has 0 unspecified atom stereocenters. The molecule has 1 aliphatic carbocycles. The van der Waals surface area contributed by atoms with E-state index in [0.717, 1.165) is 160 Å². The van der Waals surface area contributed by atoms with Gasteiger partial charge in [-0.1, -0.05) is 204 Å². The van der Waals surface area contributed by atoms with Crippen molar-refractivity contribution in [3.8, 4) is 95.5 Å². The first-order valence-electron chi connectivity index (χ1n) is 29.1. The number of para-hydroxylation sites is 3. The van der Waals surface area contributed by atoms with E-state index in [4.69, 9.17) is 9.72 Å². The van der Waals surface area contributed by atoms with Gasteiger partial charge in [0.15, 0.2) is 0 Å². The van der Waals surface area contributed by atoms with Crippen LogP contribution in [0.15, 0.2) is 243 Å². The summed E-state index contributed by atoms with van der Waals surface area (Å²) in [6, 6.07) is 85.3. The van der Waals surface area contributed by atoms with Gasteiger partial charge in [0, 0.05) is 24.4 Å². The minimum absolute atomic E-state index is 0.0408. The largest absolute Gasteiger partial charge is 0.458 e. The highest BCUT2D eigenvalue weighted by atomic mass is 16.5. The van der Waals surface area contributed by atoms with Gasteiger partial charge in [0.1, 0.15) is 17.3 Å². The molecule has 3 aromatic heterocycles. The summed E-state index contributed by atoms with van der Waals surface area (Å²) in [6.07, 6.45) is 10.9. The maximum absolute atomic E-state index is 10.4. The maximum atomic E-state index is 10.4. The zero-order chi connectivity index (χ0) is 55.1. The Morgan fingerprint density at radius 3 is 1.88 bits per heavy atom.